The molecule has 0 bridgehead atoms. The van der Waals surface area contributed by atoms with Gasteiger partial charge < -0.3 is 24.8 Å². The fourth-order valence-electron chi connectivity index (χ4n) is 2.93. The molecule has 0 spiro atoms. The number of aliphatic hydroxyl groups excluding tert-OH is 3. The van der Waals surface area contributed by atoms with Crippen LogP contribution in [0, 0.1) is 0 Å². The second-order valence-electron chi connectivity index (χ2n) is 6.70. The Morgan fingerprint density at radius 3 is 2.21 bits per heavy atom. The van der Waals surface area contributed by atoms with Crippen LogP contribution in [0.4, 0.5) is 0 Å². The summed E-state index contributed by atoms with van der Waals surface area (Å²) in [5.74, 6) is 0. The van der Waals surface area contributed by atoms with E-state index >= 15 is 0 Å². The molecule has 4 atom stereocenters. The Labute approximate surface area is 146 Å². The van der Waals surface area contributed by atoms with E-state index in [0.29, 0.717) is 0 Å². The summed E-state index contributed by atoms with van der Waals surface area (Å²) in [5, 5.41) is 28.7. The topological polar surface area (TPSA) is 79.2 Å². The van der Waals surface area contributed by atoms with E-state index in [0.717, 1.165) is 12.8 Å². The minimum atomic E-state index is -1.11. The maximum Gasteiger partial charge on any atom is 0.149 e. The van der Waals surface area contributed by atoms with Gasteiger partial charge in [-0.1, -0.05) is 58.3 Å². The highest BCUT2D eigenvalue weighted by molar-refractivity contribution is 4.89. The van der Waals surface area contributed by atoms with Gasteiger partial charge in [-0.3, -0.25) is 0 Å². The van der Waals surface area contributed by atoms with Crippen LogP contribution in [0.1, 0.15) is 71.1 Å². The molecule has 142 valence electrons. The van der Waals surface area contributed by atoms with Crippen molar-refractivity contribution in [3.05, 3.63) is 12.3 Å². The molecule has 3 N–H and O–H groups in total. The van der Waals surface area contributed by atoms with Gasteiger partial charge in [-0.15, -0.1) is 0 Å². The second-order valence-corrected chi connectivity index (χ2v) is 6.70. The normalized spacial score (nSPS) is 27.7. The summed E-state index contributed by atoms with van der Waals surface area (Å²) < 4.78 is 10.7. The number of allylic oxidation sites excluding steroid dienone is 1. The molecule has 0 saturated carbocycles. The lowest BCUT2D eigenvalue weighted by molar-refractivity contribution is -0.196. The molecule has 24 heavy (non-hydrogen) atoms. The van der Waals surface area contributed by atoms with Gasteiger partial charge in [-0.05, 0) is 18.9 Å². The van der Waals surface area contributed by atoms with E-state index in [4.69, 9.17) is 14.6 Å². The summed E-state index contributed by atoms with van der Waals surface area (Å²) in [6, 6.07) is 0. The fraction of sp³-hybridized carbons (Fsp3) is 0.895. The summed E-state index contributed by atoms with van der Waals surface area (Å²) in [4.78, 5) is 0. The number of hydrogen-bond donors (Lipinski definition) is 3. The van der Waals surface area contributed by atoms with Crippen molar-refractivity contribution >= 4 is 0 Å². The quantitative estimate of drug-likeness (QED) is 0.354. The molecule has 0 aliphatic carbocycles. The highest BCUT2D eigenvalue weighted by Crippen LogP contribution is 2.18. The molecule has 0 amide bonds. The van der Waals surface area contributed by atoms with Gasteiger partial charge in [0.2, 0.25) is 0 Å². The van der Waals surface area contributed by atoms with Gasteiger partial charge in [-0.25, -0.2) is 0 Å². The summed E-state index contributed by atoms with van der Waals surface area (Å²) in [5.41, 5.74) is 0. The lowest BCUT2D eigenvalue weighted by Gasteiger charge is -2.36. The zero-order valence-electron chi connectivity index (χ0n) is 15.1. The Hall–Kier alpha value is -0.620. The Kier molecular flexibility index (Phi) is 12.2. The third-order valence-electron chi connectivity index (χ3n) is 4.59. The van der Waals surface area contributed by atoms with Gasteiger partial charge in [0.05, 0.1) is 19.5 Å². The lowest BCUT2D eigenvalue weighted by Crippen LogP contribution is -2.54. The van der Waals surface area contributed by atoms with Crippen molar-refractivity contribution in [2.24, 2.45) is 0 Å². The average molecular weight is 344 g/mol. The van der Waals surface area contributed by atoms with Crippen molar-refractivity contribution in [1.29, 1.82) is 0 Å². The summed E-state index contributed by atoms with van der Waals surface area (Å²) >= 11 is 0. The van der Waals surface area contributed by atoms with E-state index < -0.39 is 24.4 Å². The molecule has 0 aromatic carbocycles. The summed E-state index contributed by atoms with van der Waals surface area (Å²) in [6.07, 6.45) is 12.8. The molecule has 5 nitrogen and oxygen atoms in total. The molecule has 0 radical (unpaired) electrons. The smallest absolute Gasteiger partial charge is 0.149 e. The Balaban J connectivity index is 1.98. The van der Waals surface area contributed by atoms with Gasteiger partial charge in [0.1, 0.15) is 24.4 Å². The van der Waals surface area contributed by atoms with Gasteiger partial charge in [0.15, 0.2) is 0 Å². The molecule has 1 aliphatic rings. The Morgan fingerprint density at radius 2 is 1.58 bits per heavy atom. The number of ether oxygens (including phenoxy) is 2. The van der Waals surface area contributed by atoms with Crippen molar-refractivity contribution in [3.8, 4) is 0 Å². The molecule has 0 unspecified atom stereocenters. The van der Waals surface area contributed by atoms with E-state index in [1.807, 2.05) is 6.08 Å². The predicted molar refractivity (Wildman–Crippen MR) is 94.7 cm³/mol. The maximum atomic E-state index is 9.92. The van der Waals surface area contributed by atoms with E-state index in [1.165, 1.54) is 51.4 Å². The molecule has 1 saturated heterocycles. The first-order valence-corrected chi connectivity index (χ1v) is 9.59. The van der Waals surface area contributed by atoms with Crippen LogP contribution >= 0.6 is 0 Å². The van der Waals surface area contributed by atoms with Gasteiger partial charge in [-0.2, -0.15) is 0 Å². The van der Waals surface area contributed by atoms with Crippen molar-refractivity contribution in [2.45, 2.75) is 95.5 Å². The molecular formula is C19H36O5. The highest BCUT2D eigenvalue weighted by Gasteiger charge is 2.38. The largest absolute Gasteiger partial charge is 0.493 e. The maximum absolute atomic E-state index is 9.92. The predicted octanol–water partition coefficient (Wildman–Crippen LogP) is 2.92. The Morgan fingerprint density at radius 1 is 0.958 bits per heavy atom. The second kappa shape index (κ2) is 13.6. The van der Waals surface area contributed by atoms with Gasteiger partial charge in [0.25, 0.3) is 0 Å². The van der Waals surface area contributed by atoms with E-state index in [9.17, 15) is 10.2 Å². The number of unbranched alkanes of at least 4 members (excludes halogenated alkanes) is 9. The van der Waals surface area contributed by atoms with E-state index in [2.05, 4.69) is 6.92 Å². The third-order valence-corrected chi connectivity index (χ3v) is 4.59. The zero-order chi connectivity index (χ0) is 17.6. The Bertz CT molecular complexity index is 321. The van der Waals surface area contributed by atoms with Crippen LogP contribution in [0.15, 0.2) is 12.3 Å². The van der Waals surface area contributed by atoms with Gasteiger partial charge >= 0.3 is 0 Å². The number of rotatable bonds is 13. The standard InChI is InChI=1S/C19H36O5/c1-2-3-4-5-6-7-8-9-10-11-12-13-23-17-15-24-16(14-20)18(21)19(17)22/h12-13,16-22H,2-11,14-15H2,1H3/b13-12+/t16-,17+,18-,19-/m0/s1. The zero-order valence-corrected chi connectivity index (χ0v) is 15.1. The molecule has 0 aromatic rings. The van der Waals surface area contributed by atoms with Crippen LogP contribution in [0.2, 0.25) is 0 Å². The summed E-state index contributed by atoms with van der Waals surface area (Å²) in [7, 11) is 0. The first-order chi connectivity index (χ1) is 11.7. The van der Waals surface area contributed by atoms with E-state index in [1.54, 1.807) is 6.26 Å². The van der Waals surface area contributed by atoms with Crippen LogP contribution in [0.25, 0.3) is 0 Å². The molecular weight excluding hydrogens is 308 g/mol. The minimum Gasteiger partial charge on any atom is -0.493 e. The van der Waals surface area contributed by atoms with Crippen molar-refractivity contribution in [2.75, 3.05) is 13.2 Å². The van der Waals surface area contributed by atoms with Crippen molar-refractivity contribution in [1.82, 2.24) is 0 Å². The fourth-order valence-corrected chi connectivity index (χ4v) is 2.93. The van der Waals surface area contributed by atoms with Crippen LogP contribution in [-0.2, 0) is 9.47 Å². The van der Waals surface area contributed by atoms with Crippen molar-refractivity contribution in [3.63, 3.8) is 0 Å². The van der Waals surface area contributed by atoms with Crippen LogP contribution in [-0.4, -0.2) is 52.9 Å². The number of aliphatic hydroxyl groups is 3. The third kappa shape index (κ3) is 8.47. The van der Waals surface area contributed by atoms with Gasteiger partial charge in [0, 0.05) is 0 Å². The lowest BCUT2D eigenvalue weighted by atomic mass is 10.0. The van der Waals surface area contributed by atoms with Crippen LogP contribution < -0.4 is 0 Å². The molecule has 1 fully saturated rings. The molecule has 1 aliphatic heterocycles. The van der Waals surface area contributed by atoms with Crippen molar-refractivity contribution < 1.29 is 24.8 Å². The molecule has 0 aromatic heterocycles. The first kappa shape index (κ1) is 21.4. The SMILES string of the molecule is CCCCCCCCCCC/C=C/O[C@@H]1CO[C@@H](CO)[C@H](O)[C@H]1O. The number of hydrogen-bond acceptors (Lipinski definition) is 5. The first-order valence-electron chi connectivity index (χ1n) is 9.59. The van der Waals surface area contributed by atoms with Crippen LogP contribution in [0.3, 0.4) is 0 Å². The molecule has 1 heterocycles. The summed E-state index contributed by atoms with van der Waals surface area (Å²) in [6.45, 7) is 2.11. The van der Waals surface area contributed by atoms with E-state index in [-0.39, 0.29) is 13.2 Å². The van der Waals surface area contributed by atoms with Crippen LogP contribution in [0.5, 0.6) is 0 Å². The highest BCUT2D eigenvalue weighted by atomic mass is 16.6. The average Bonchev–Trinajstić information content (AvgIpc) is 2.59. The molecule has 5 heteroatoms. The monoisotopic (exact) mass is 344 g/mol. The molecule has 1 rings (SSSR count). The minimum absolute atomic E-state index is 0.172.